The van der Waals surface area contributed by atoms with Gasteiger partial charge in [0.25, 0.3) is 0 Å². The molecule has 7 heteroatoms. The Morgan fingerprint density at radius 1 is 1.15 bits per heavy atom. The van der Waals surface area contributed by atoms with Crippen molar-refractivity contribution in [2.45, 2.75) is 32.9 Å². The Morgan fingerprint density at radius 3 is 2.33 bits per heavy atom. The van der Waals surface area contributed by atoms with E-state index in [9.17, 15) is 14.0 Å². The molecule has 27 heavy (non-hydrogen) atoms. The molecule has 150 valence electrons. The van der Waals surface area contributed by atoms with Crippen molar-refractivity contribution in [2.75, 3.05) is 46.3 Å². The summed E-state index contributed by atoms with van der Waals surface area (Å²) in [5, 5.41) is 2.98. The Hall–Kier alpha value is -1.99. The first-order valence-electron chi connectivity index (χ1n) is 9.60. The number of likely N-dealkylation sites (N-methyl/N-ethyl adjacent to an activating group) is 1. The third kappa shape index (κ3) is 6.92. The number of rotatable bonds is 8. The monoisotopic (exact) mass is 378 g/mol. The predicted octanol–water partition coefficient (Wildman–Crippen LogP) is 1.32. The van der Waals surface area contributed by atoms with Gasteiger partial charge < -0.3 is 10.2 Å². The van der Waals surface area contributed by atoms with Crippen molar-refractivity contribution >= 4 is 11.8 Å². The van der Waals surface area contributed by atoms with E-state index in [1.54, 1.807) is 30.1 Å². The highest BCUT2D eigenvalue weighted by Gasteiger charge is 2.22. The fraction of sp³-hybridized carbons (Fsp3) is 0.600. The number of nitrogens with zero attached hydrogens (tertiary/aromatic N) is 3. The zero-order chi connectivity index (χ0) is 19.8. The van der Waals surface area contributed by atoms with Crippen LogP contribution in [-0.4, -0.2) is 78.9 Å². The third-order valence-electron chi connectivity index (χ3n) is 5.00. The van der Waals surface area contributed by atoms with Gasteiger partial charge in [-0.1, -0.05) is 25.1 Å². The number of piperazine rings is 1. The van der Waals surface area contributed by atoms with Gasteiger partial charge in [0, 0.05) is 51.4 Å². The van der Waals surface area contributed by atoms with Crippen LogP contribution in [0, 0.1) is 5.82 Å². The minimum absolute atomic E-state index is 0.0267. The van der Waals surface area contributed by atoms with Crippen molar-refractivity contribution in [3.8, 4) is 0 Å². The summed E-state index contributed by atoms with van der Waals surface area (Å²) in [5.41, 5.74) is 0.519. The molecule has 1 heterocycles. The van der Waals surface area contributed by atoms with Crippen LogP contribution in [-0.2, 0) is 16.1 Å². The van der Waals surface area contributed by atoms with Crippen molar-refractivity contribution in [3.63, 3.8) is 0 Å². The average molecular weight is 378 g/mol. The molecular formula is C20H31FN4O2. The fourth-order valence-corrected chi connectivity index (χ4v) is 3.01. The molecule has 1 fully saturated rings. The number of carbonyl (C=O) groups is 2. The highest BCUT2D eigenvalue weighted by atomic mass is 19.1. The van der Waals surface area contributed by atoms with Crippen LogP contribution < -0.4 is 5.32 Å². The third-order valence-corrected chi connectivity index (χ3v) is 5.00. The second-order valence-corrected chi connectivity index (χ2v) is 7.27. The lowest BCUT2D eigenvalue weighted by molar-refractivity contribution is -0.132. The minimum Gasteiger partial charge on any atom is -0.353 e. The van der Waals surface area contributed by atoms with Crippen LogP contribution in [0.1, 0.15) is 25.8 Å². The molecule has 2 rings (SSSR count). The maximum atomic E-state index is 13.7. The van der Waals surface area contributed by atoms with E-state index >= 15 is 0 Å². The van der Waals surface area contributed by atoms with Gasteiger partial charge in [-0.3, -0.25) is 19.4 Å². The Morgan fingerprint density at radius 2 is 1.74 bits per heavy atom. The van der Waals surface area contributed by atoms with Crippen LogP contribution in [0.5, 0.6) is 0 Å². The smallest absolute Gasteiger partial charge is 0.236 e. The second kappa shape index (κ2) is 10.4. The van der Waals surface area contributed by atoms with Gasteiger partial charge in [0.15, 0.2) is 0 Å². The normalized spacial score (nSPS) is 16.7. The zero-order valence-electron chi connectivity index (χ0n) is 16.6. The van der Waals surface area contributed by atoms with E-state index in [0.717, 1.165) is 32.6 Å². The molecule has 1 N–H and O–H groups in total. The van der Waals surface area contributed by atoms with E-state index in [4.69, 9.17) is 0 Å². The minimum atomic E-state index is -0.290. The van der Waals surface area contributed by atoms with Gasteiger partial charge in [0.2, 0.25) is 11.8 Å². The van der Waals surface area contributed by atoms with Gasteiger partial charge in [-0.25, -0.2) is 4.39 Å². The lowest BCUT2D eigenvalue weighted by atomic mass is 10.2. The zero-order valence-corrected chi connectivity index (χ0v) is 16.6. The maximum absolute atomic E-state index is 13.7. The molecule has 0 aromatic heterocycles. The highest BCUT2D eigenvalue weighted by molar-refractivity contribution is 5.78. The van der Waals surface area contributed by atoms with Gasteiger partial charge >= 0.3 is 0 Å². The van der Waals surface area contributed by atoms with Crippen LogP contribution in [0.3, 0.4) is 0 Å². The van der Waals surface area contributed by atoms with Crippen LogP contribution >= 0.6 is 0 Å². The van der Waals surface area contributed by atoms with Crippen molar-refractivity contribution in [1.29, 1.82) is 0 Å². The van der Waals surface area contributed by atoms with E-state index < -0.39 is 0 Å². The fourth-order valence-electron chi connectivity index (χ4n) is 3.01. The molecular weight excluding hydrogens is 347 g/mol. The molecule has 1 saturated heterocycles. The summed E-state index contributed by atoms with van der Waals surface area (Å²) in [6.45, 7) is 8.05. The molecule has 0 radical (unpaired) electrons. The number of hydrogen-bond acceptors (Lipinski definition) is 4. The molecule has 1 aromatic rings. The summed E-state index contributed by atoms with van der Waals surface area (Å²) in [5.74, 6) is -0.263. The molecule has 1 atom stereocenters. The Kier molecular flexibility index (Phi) is 8.19. The number of carbonyl (C=O) groups excluding carboxylic acids is 2. The van der Waals surface area contributed by atoms with E-state index in [1.165, 1.54) is 6.07 Å². The quantitative estimate of drug-likeness (QED) is 0.741. The summed E-state index contributed by atoms with van der Waals surface area (Å²) in [4.78, 5) is 30.2. The summed E-state index contributed by atoms with van der Waals surface area (Å²) in [6, 6.07) is 6.71. The lowest BCUT2D eigenvalue weighted by Crippen LogP contribution is -2.52. The van der Waals surface area contributed by atoms with Crippen molar-refractivity contribution in [2.24, 2.45) is 0 Å². The first kappa shape index (κ1) is 21.3. The lowest BCUT2D eigenvalue weighted by Gasteiger charge is -2.34. The van der Waals surface area contributed by atoms with Gasteiger partial charge in [0.05, 0.1) is 13.1 Å². The molecule has 1 unspecified atom stereocenters. The molecule has 1 aliphatic heterocycles. The van der Waals surface area contributed by atoms with Crippen molar-refractivity contribution in [1.82, 2.24) is 20.0 Å². The van der Waals surface area contributed by atoms with Gasteiger partial charge in [-0.2, -0.15) is 0 Å². The van der Waals surface area contributed by atoms with Crippen LogP contribution in [0.25, 0.3) is 0 Å². The van der Waals surface area contributed by atoms with Crippen LogP contribution in [0.4, 0.5) is 4.39 Å². The topological polar surface area (TPSA) is 55.9 Å². The van der Waals surface area contributed by atoms with Crippen molar-refractivity contribution < 1.29 is 14.0 Å². The number of halogens is 1. The molecule has 6 nitrogen and oxygen atoms in total. The standard InChI is InChI=1S/C20H31FN4O2/c1-4-16(2)22-19(26)14-24-9-11-25(12-10-24)15-20(27)23(3)13-17-7-5-6-8-18(17)21/h5-8,16H,4,9-15H2,1-3H3,(H,22,26). The SMILES string of the molecule is CCC(C)NC(=O)CN1CCN(CC(=O)N(C)Cc2ccccc2F)CC1. The van der Waals surface area contributed by atoms with E-state index in [-0.39, 0.29) is 30.2 Å². The maximum Gasteiger partial charge on any atom is 0.236 e. The van der Waals surface area contributed by atoms with Crippen LogP contribution in [0.15, 0.2) is 24.3 Å². The molecule has 2 amide bonds. The number of hydrogen-bond donors (Lipinski definition) is 1. The van der Waals surface area contributed by atoms with E-state index in [0.29, 0.717) is 18.7 Å². The van der Waals surface area contributed by atoms with E-state index in [2.05, 4.69) is 15.1 Å². The van der Waals surface area contributed by atoms with Crippen molar-refractivity contribution in [3.05, 3.63) is 35.6 Å². The number of amides is 2. The number of benzene rings is 1. The number of nitrogens with one attached hydrogen (secondary N) is 1. The van der Waals surface area contributed by atoms with Gasteiger partial charge in [-0.15, -0.1) is 0 Å². The average Bonchev–Trinajstić information content (AvgIpc) is 2.64. The molecule has 1 aliphatic rings. The first-order chi connectivity index (χ1) is 12.9. The summed E-state index contributed by atoms with van der Waals surface area (Å²) >= 11 is 0. The largest absolute Gasteiger partial charge is 0.353 e. The highest BCUT2D eigenvalue weighted by Crippen LogP contribution is 2.10. The molecule has 0 saturated carbocycles. The molecule has 0 bridgehead atoms. The Labute approximate surface area is 161 Å². The predicted molar refractivity (Wildman–Crippen MR) is 104 cm³/mol. The van der Waals surface area contributed by atoms with Crippen LogP contribution in [0.2, 0.25) is 0 Å². The summed E-state index contributed by atoms with van der Waals surface area (Å²) in [7, 11) is 1.70. The molecule has 1 aromatic carbocycles. The second-order valence-electron chi connectivity index (χ2n) is 7.27. The van der Waals surface area contributed by atoms with Gasteiger partial charge in [0.1, 0.15) is 5.82 Å². The first-order valence-corrected chi connectivity index (χ1v) is 9.60. The van der Waals surface area contributed by atoms with E-state index in [1.807, 2.05) is 13.8 Å². The summed E-state index contributed by atoms with van der Waals surface area (Å²) in [6.07, 6.45) is 0.919. The summed E-state index contributed by atoms with van der Waals surface area (Å²) < 4.78 is 13.7. The van der Waals surface area contributed by atoms with Gasteiger partial charge in [-0.05, 0) is 19.4 Å². The molecule has 0 aliphatic carbocycles. The molecule has 0 spiro atoms. The Balaban J connectivity index is 1.72. The Bertz CT molecular complexity index is 632.